The molecule has 16 heavy (non-hydrogen) atoms. The molecule has 0 amide bonds. The summed E-state index contributed by atoms with van der Waals surface area (Å²) in [5.41, 5.74) is 0.428. The van der Waals surface area contributed by atoms with E-state index in [-0.39, 0.29) is 5.89 Å². The van der Waals surface area contributed by atoms with E-state index in [1.165, 1.54) is 18.6 Å². The molecule has 0 aliphatic carbocycles. The summed E-state index contributed by atoms with van der Waals surface area (Å²) in [4.78, 5) is 3.89. The molecule has 7 heteroatoms. The molecule has 0 spiro atoms. The minimum Gasteiger partial charge on any atom is -0.441 e. The third kappa shape index (κ3) is 2.41. The predicted molar refractivity (Wildman–Crippen MR) is 48.5 cm³/mol. The van der Waals surface area contributed by atoms with Crippen LogP contribution in [0.2, 0.25) is 0 Å². The molecule has 0 atom stereocenters. The fourth-order valence-electron chi connectivity index (χ4n) is 1.23. The predicted octanol–water partition coefficient (Wildman–Crippen LogP) is 2.41. The second kappa shape index (κ2) is 3.66. The molecule has 0 aliphatic heterocycles. The highest BCUT2D eigenvalue weighted by molar-refractivity contribution is 5.49. The van der Waals surface area contributed by atoms with Crippen molar-refractivity contribution in [3.63, 3.8) is 0 Å². The van der Waals surface area contributed by atoms with Gasteiger partial charge >= 0.3 is 6.18 Å². The normalized spacial score (nSPS) is 12.0. The van der Waals surface area contributed by atoms with Gasteiger partial charge in [0.1, 0.15) is 12.3 Å². The molecule has 0 aliphatic rings. The molecule has 86 valence electrons. The molecular weight excluding hydrogens is 223 g/mol. The topological polar surface area (TPSA) is 43.9 Å². The SMILES string of the molecule is Cc1cnc(-c2cnn(CC(F)(F)F)c2)o1. The Morgan fingerprint density at radius 1 is 1.38 bits per heavy atom. The molecule has 0 N–H and O–H groups in total. The molecule has 2 rings (SSSR count). The van der Waals surface area contributed by atoms with E-state index in [4.69, 9.17) is 4.42 Å². The number of hydrogen-bond acceptors (Lipinski definition) is 3. The molecule has 0 unspecified atom stereocenters. The number of oxazole rings is 1. The van der Waals surface area contributed by atoms with E-state index < -0.39 is 12.7 Å². The van der Waals surface area contributed by atoms with Crippen LogP contribution in [0.1, 0.15) is 5.76 Å². The number of nitrogens with zero attached hydrogens (tertiary/aromatic N) is 3. The first-order valence-corrected chi connectivity index (χ1v) is 4.46. The first-order chi connectivity index (χ1) is 7.44. The van der Waals surface area contributed by atoms with Crippen molar-refractivity contribution < 1.29 is 17.6 Å². The average molecular weight is 231 g/mol. The molecule has 2 heterocycles. The van der Waals surface area contributed by atoms with Crippen LogP contribution < -0.4 is 0 Å². The molecule has 0 saturated heterocycles. The van der Waals surface area contributed by atoms with Gasteiger partial charge in [0.05, 0.1) is 18.0 Å². The van der Waals surface area contributed by atoms with Crippen LogP contribution in [0, 0.1) is 6.92 Å². The van der Waals surface area contributed by atoms with Crippen LogP contribution in [0.15, 0.2) is 23.0 Å². The van der Waals surface area contributed by atoms with Gasteiger partial charge in [0.15, 0.2) is 0 Å². The maximum absolute atomic E-state index is 12.1. The minimum absolute atomic E-state index is 0.269. The van der Waals surface area contributed by atoms with Crippen LogP contribution in [0.4, 0.5) is 13.2 Å². The second-order valence-electron chi connectivity index (χ2n) is 3.32. The number of halogens is 3. The number of rotatable bonds is 2. The molecule has 2 aromatic heterocycles. The first-order valence-electron chi connectivity index (χ1n) is 4.46. The number of aromatic nitrogens is 3. The van der Waals surface area contributed by atoms with Crippen LogP contribution in [-0.2, 0) is 6.54 Å². The Kier molecular flexibility index (Phi) is 2.45. The van der Waals surface area contributed by atoms with Gasteiger partial charge in [0, 0.05) is 6.20 Å². The van der Waals surface area contributed by atoms with Crippen molar-refractivity contribution in [2.24, 2.45) is 0 Å². The Morgan fingerprint density at radius 3 is 2.69 bits per heavy atom. The monoisotopic (exact) mass is 231 g/mol. The lowest BCUT2D eigenvalue weighted by Gasteiger charge is -2.04. The van der Waals surface area contributed by atoms with Gasteiger partial charge in [-0.3, -0.25) is 4.68 Å². The highest BCUT2D eigenvalue weighted by Gasteiger charge is 2.28. The van der Waals surface area contributed by atoms with E-state index in [9.17, 15) is 13.2 Å². The van der Waals surface area contributed by atoms with Gasteiger partial charge < -0.3 is 4.42 Å². The third-order valence-corrected chi connectivity index (χ3v) is 1.84. The minimum atomic E-state index is -4.28. The molecule has 0 saturated carbocycles. The van der Waals surface area contributed by atoms with Gasteiger partial charge in [0.25, 0.3) is 0 Å². The summed E-state index contributed by atoms with van der Waals surface area (Å²) < 4.78 is 42.1. The standard InChI is InChI=1S/C9H8F3N3O/c1-6-2-13-8(16-6)7-3-14-15(4-7)5-9(10,11)12/h2-4H,5H2,1H3. The zero-order valence-corrected chi connectivity index (χ0v) is 8.32. The number of alkyl halides is 3. The zero-order valence-electron chi connectivity index (χ0n) is 8.32. The van der Waals surface area contributed by atoms with Crippen molar-refractivity contribution in [2.75, 3.05) is 0 Å². The Hall–Kier alpha value is -1.79. The molecule has 2 aromatic rings. The smallest absolute Gasteiger partial charge is 0.408 e. The fraction of sp³-hybridized carbons (Fsp3) is 0.333. The molecule has 0 bridgehead atoms. The van der Waals surface area contributed by atoms with E-state index in [0.29, 0.717) is 11.3 Å². The van der Waals surface area contributed by atoms with Gasteiger partial charge in [-0.05, 0) is 6.92 Å². The van der Waals surface area contributed by atoms with Crippen molar-refractivity contribution >= 4 is 0 Å². The Labute approximate surface area is 88.7 Å². The lowest BCUT2D eigenvalue weighted by Crippen LogP contribution is -2.17. The Balaban J connectivity index is 2.20. The van der Waals surface area contributed by atoms with Gasteiger partial charge in [-0.25, -0.2) is 4.98 Å². The van der Waals surface area contributed by atoms with Crippen molar-refractivity contribution in [3.05, 3.63) is 24.4 Å². The lowest BCUT2D eigenvalue weighted by atomic mass is 10.4. The van der Waals surface area contributed by atoms with E-state index in [2.05, 4.69) is 10.1 Å². The molecule has 4 nitrogen and oxygen atoms in total. The van der Waals surface area contributed by atoms with Gasteiger partial charge in [0.2, 0.25) is 5.89 Å². The van der Waals surface area contributed by atoms with Gasteiger partial charge in [-0.1, -0.05) is 0 Å². The van der Waals surface area contributed by atoms with Crippen molar-refractivity contribution in [3.8, 4) is 11.5 Å². The highest BCUT2D eigenvalue weighted by Crippen LogP contribution is 2.21. The molecular formula is C9H8F3N3O. The quantitative estimate of drug-likeness (QED) is 0.797. The summed E-state index contributed by atoms with van der Waals surface area (Å²) in [7, 11) is 0. The van der Waals surface area contributed by atoms with E-state index >= 15 is 0 Å². The Bertz CT molecular complexity index is 486. The number of hydrogen-bond donors (Lipinski definition) is 0. The van der Waals surface area contributed by atoms with Gasteiger partial charge in [-0.2, -0.15) is 18.3 Å². The van der Waals surface area contributed by atoms with Crippen LogP contribution in [0.25, 0.3) is 11.5 Å². The summed E-state index contributed by atoms with van der Waals surface area (Å²) in [6, 6.07) is 0. The average Bonchev–Trinajstić information content (AvgIpc) is 2.71. The summed E-state index contributed by atoms with van der Waals surface area (Å²) >= 11 is 0. The lowest BCUT2D eigenvalue weighted by molar-refractivity contribution is -0.142. The van der Waals surface area contributed by atoms with Crippen LogP contribution in [-0.4, -0.2) is 20.9 Å². The van der Waals surface area contributed by atoms with Crippen molar-refractivity contribution in [2.45, 2.75) is 19.6 Å². The van der Waals surface area contributed by atoms with Crippen LogP contribution in [0.3, 0.4) is 0 Å². The van der Waals surface area contributed by atoms with Crippen molar-refractivity contribution in [1.82, 2.24) is 14.8 Å². The summed E-state index contributed by atoms with van der Waals surface area (Å²) in [6.45, 7) is 0.587. The Morgan fingerprint density at radius 2 is 2.12 bits per heavy atom. The van der Waals surface area contributed by atoms with E-state index in [1.807, 2.05) is 0 Å². The second-order valence-corrected chi connectivity index (χ2v) is 3.32. The van der Waals surface area contributed by atoms with Crippen LogP contribution in [0.5, 0.6) is 0 Å². The van der Waals surface area contributed by atoms with Gasteiger partial charge in [-0.15, -0.1) is 0 Å². The first kappa shape index (κ1) is 10.7. The van der Waals surface area contributed by atoms with Crippen LogP contribution >= 0.6 is 0 Å². The third-order valence-electron chi connectivity index (χ3n) is 1.84. The summed E-state index contributed by atoms with van der Waals surface area (Å²) in [5.74, 6) is 0.865. The largest absolute Gasteiger partial charge is 0.441 e. The highest BCUT2D eigenvalue weighted by atomic mass is 19.4. The maximum Gasteiger partial charge on any atom is 0.408 e. The molecule has 0 aromatic carbocycles. The zero-order chi connectivity index (χ0) is 11.8. The summed E-state index contributed by atoms with van der Waals surface area (Å²) in [6.07, 6.45) is -0.248. The number of aryl methyl sites for hydroxylation is 1. The van der Waals surface area contributed by atoms with E-state index in [1.54, 1.807) is 6.92 Å². The molecule has 0 radical (unpaired) electrons. The summed E-state index contributed by atoms with van der Waals surface area (Å²) in [5, 5.41) is 3.58. The maximum atomic E-state index is 12.1. The van der Waals surface area contributed by atoms with Crippen molar-refractivity contribution in [1.29, 1.82) is 0 Å². The van der Waals surface area contributed by atoms with E-state index in [0.717, 1.165) is 4.68 Å². The fourth-order valence-corrected chi connectivity index (χ4v) is 1.23. The molecule has 0 fully saturated rings.